The van der Waals surface area contributed by atoms with Crippen LogP contribution in [0.1, 0.15) is 105 Å². The van der Waals surface area contributed by atoms with E-state index in [9.17, 15) is 0 Å². The van der Waals surface area contributed by atoms with Gasteiger partial charge in [-0.25, -0.2) is 0 Å². The molecule has 24 heavy (non-hydrogen) atoms. The van der Waals surface area contributed by atoms with Gasteiger partial charge in [0, 0.05) is 26.1 Å². The maximum absolute atomic E-state index is 6.41. The average Bonchev–Trinajstić information content (AvgIpc) is 2.57. The zero-order chi connectivity index (χ0) is 17.7. The number of ether oxygens (including phenoxy) is 3. The van der Waals surface area contributed by atoms with E-state index in [2.05, 4.69) is 27.7 Å². The summed E-state index contributed by atoms with van der Waals surface area (Å²) in [7, 11) is 0. The van der Waals surface area contributed by atoms with E-state index < -0.39 is 5.79 Å². The van der Waals surface area contributed by atoms with E-state index in [1.165, 1.54) is 51.4 Å². The molecule has 1 fully saturated rings. The summed E-state index contributed by atoms with van der Waals surface area (Å²) in [5.41, 5.74) is -0.0376. The van der Waals surface area contributed by atoms with Gasteiger partial charge in [0.2, 0.25) is 0 Å². The molecule has 3 heteroatoms. The zero-order valence-corrected chi connectivity index (χ0v) is 16.8. The molecule has 0 aromatic heterocycles. The van der Waals surface area contributed by atoms with Crippen LogP contribution in [0.2, 0.25) is 0 Å². The van der Waals surface area contributed by atoms with Gasteiger partial charge in [0.05, 0.1) is 12.2 Å². The second-order valence-electron chi connectivity index (χ2n) is 7.36. The van der Waals surface area contributed by atoms with Crippen LogP contribution in [0.5, 0.6) is 0 Å². The average molecular weight is 343 g/mol. The summed E-state index contributed by atoms with van der Waals surface area (Å²) in [5, 5.41) is 0. The largest absolute Gasteiger partial charge is 0.375 e. The predicted octanol–water partition coefficient (Wildman–Crippen LogP) is 6.25. The van der Waals surface area contributed by atoms with E-state index in [0.717, 1.165) is 32.3 Å². The van der Waals surface area contributed by atoms with Crippen LogP contribution < -0.4 is 0 Å². The molecule has 0 radical (unpaired) electrons. The molecule has 0 atom stereocenters. The first-order chi connectivity index (χ1) is 11.7. The smallest absolute Gasteiger partial charge is 0.173 e. The maximum atomic E-state index is 6.41. The molecular formula is C21H42O3. The predicted molar refractivity (Wildman–Crippen MR) is 101 cm³/mol. The summed E-state index contributed by atoms with van der Waals surface area (Å²) in [6.07, 6.45) is 14.4. The Balaban J connectivity index is 2.72. The third kappa shape index (κ3) is 7.41. The molecule has 0 N–H and O–H groups in total. The summed E-state index contributed by atoms with van der Waals surface area (Å²) in [4.78, 5) is 0. The summed E-state index contributed by atoms with van der Waals surface area (Å²) in [6.45, 7) is 10.9. The molecule has 1 rings (SSSR count). The second kappa shape index (κ2) is 12.3. The minimum atomic E-state index is -0.419. The molecule has 0 saturated carbocycles. The topological polar surface area (TPSA) is 27.7 Å². The van der Waals surface area contributed by atoms with E-state index in [4.69, 9.17) is 14.2 Å². The Morgan fingerprint density at radius 1 is 0.750 bits per heavy atom. The fourth-order valence-electron chi connectivity index (χ4n) is 4.06. The Kier molecular flexibility index (Phi) is 11.2. The lowest BCUT2D eigenvalue weighted by Crippen LogP contribution is -2.52. The Morgan fingerprint density at radius 3 is 1.75 bits per heavy atom. The zero-order valence-electron chi connectivity index (χ0n) is 16.8. The monoisotopic (exact) mass is 342 g/mol. The molecular weight excluding hydrogens is 300 g/mol. The van der Waals surface area contributed by atoms with E-state index in [0.29, 0.717) is 13.2 Å². The van der Waals surface area contributed by atoms with Crippen molar-refractivity contribution in [2.45, 2.75) is 116 Å². The molecule has 1 aliphatic rings. The van der Waals surface area contributed by atoms with Gasteiger partial charge in [-0.2, -0.15) is 0 Å². The van der Waals surface area contributed by atoms with Crippen molar-refractivity contribution in [3.05, 3.63) is 0 Å². The Labute approximate surface area is 150 Å². The van der Waals surface area contributed by atoms with Gasteiger partial charge in [-0.15, -0.1) is 0 Å². The van der Waals surface area contributed by atoms with Gasteiger partial charge < -0.3 is 14.2 Å². The van der Waals surface area contributed by atoms with Gasteiger partial charge in [0.15, 0.2) is 5.79 Å². The lowest BCUT2D eigenvalue weighted by atomic mass is 9.81. The van der Waals surface area contributed by atoms with Crippen molar-refractivity contribution in [3.8, 4) is 0 Å². The van der Waals surface area contributed by atoms with Crippen molar-refractivity contribution in [1.82, 2.24) is 0 Å². The van der Waals surface area contributed by atoms with Gasteiger partial charge in [0.25, 0.3) is 0 Å². The van der Waals surface area contributed by atoms with E-state index in [1.54, 1.807) is 0 Å². The molecule has 0 aromatic carbocycles. The summed E-state index contributed by atoms with van der Waals surface area (Å²) >= 11 is 0. The van der Waals surface area contributed by atoms with E-state index in [-0.39, 0.29) is 5.60 Å². The second-order valence-corrected chi connectivity index (χ2v) is 7.36. The maximum Gasteiger partial charge on any atom is 0.173 e. The molecule has 1 aliphatic heterocycles. The SMILES string of the molecule is CCCCCCC1(CCCCCC)CC(OCC)(OCC)CCO1. The third-order valence-electron chi connectivity index (χ3n) is 5.27. The van der Waals surface area contributed by atoms with Gasteiger partial charge in [0.1, 0.15) is 0 Å². The summed E-state index contributed by atoms with van der Waals surface area (Å²) in [6, 6.07) is 0. The molecule has 0 bridgehead atoms. The Hall–Kier alpha value is -0.120. The van der Waals surface area contributed by atoms with Crippen LogP contribution >= 0.6 is 0 Å². The van der Waals surface area contributed by atoms with Crippen LogP contribution in [0, 0.1) is 0 Å². The number of hydrogen-bond acceptors (Lipinski definition) is 3. The number of rotatable bonds is 14. The van der Waals surface area contributed by atoms with Crippen LogP contribution in [-0.2, 0) is 14.2 Å². The fraction of sp³-hybridized carbons (Fsp3) is 1.00. The molecule has 0 amide bonds. The molecule has 0 aliphatic carbocycles. The first-order valence-electron chi connectivity index (χ1n) is 10.6. The highest BCUT2D eigenvalue weighted by Crippen LogP contribution is 2.42. The van der Waals surface area contributed by atoms with Crippen LogP contribution in [-0.4, -0.2) is 31.2 Å². The number of hydrogen-bond donors (Lipinski definition) is 0. The van der Waals surface area contributed by atoms with Crippen molar-refractivity contribution < 1.29 is 14.2 Å². The lowest BCUT2D eigenvalue weighted by molar-refractivity contribution is -0.298. The third-order valence-corrected chi connectivity index (χ3v) is 5.27. The molecule has 1 heterocycles. The van der Waals surface area contributed by atoms with Crippen molar-refractivity contribution >= 4 is 0 Å². The van der Waals surface area contributed by atoms with E-state index in [1.807, 2.05) is 0 Å². The molecule has 0 spiro atoms. The normalized spacial score (nSPS) is 19.5. The quantitative estimate of drug-likeness (QED) is 0.276. The van der Waals surface area contributed by atoms with Crippen LogP contribution in [0.3, 0.4) is 0 Å². The Bertz CT molecular complexity index is 280. The van der Waals surface area contributed by atoms with E-state index >= 15 is 0 Å². The first kappa shape index (κ1) is 21.9. The minimum absolute atomic E-state index is 0.0376. The van der Waals surface area contributed by atoms with Crippen molar-refractivity contribution in [1.29, 1.82) is 0 Å². The van der Waals surface area contributed by atoms with Gasteiger partial charge in [-0.05, 0) is 26.7 Å². The van der Waals surface area contributed by atoms with Gasteiger partial charge in [-0.1, -0.05) is 65.2 Å². The van der Waals surface area contributed by atoms with Crippen LogP contribution in [0.25, 0.3) is 0 Å². The molecule has 1 saturated heterocycles. The highest BCUT2D eigenvalue weighted by atomic mass is 16.7. The van der Waals surface area contributed by atoms with Crippen molar-refractivity contribution in [3.63, 3.8) is 0 Å². The van der Waals surface area contributed by atoms with Crippen molar-refractivity contribution in [2.24, 2.45) is 0 Å². The van der Waals surface area contributed by atoms with Crippen LogP contribution in [0.15, 0.2) is 0 Å². The highest BCUT2D eigenvalue weighted by Gasteiger charge is 2.46. The minimum Gasteiger partial charge on any atom is -0.375 e. The van der Waals surface area contributed by atoms with Gasteiger partial charge in [-0.3, -0.25) is 0 Å². The summed E-state index contributed by atoms with van der Waals surface area (Å²) in [5.74, 6) is -0.419. The standard InChI is InChI=1S/C21H42O3/c1-5-9-11-13-15-20(16-14-12-10-6-2)19-21(22-7-3,23-8-4)17-18-24-20/h5-19H2,1-4H3. The molecule has 0 unspecified atom stereocenters. The van der Waals surface area contributed by atoms with Crippen molar-refractivity contribution in [2.75, 3.05) is 19.8 Å². The Morgan fingerprint density at radius 2 is 1.29 bits per heavy atom. The molecule has 144 valence electrons. The summed E-state index contributed by atoms with van der Waals surface area (Å²) < 4.78 is 18.7. The molecule has 3 nitrogen and oxygen atoms in total. The lowest BCUT2D eigenvalue weighted by Gasteiger charge is -2.47. The van der Waals surface area contributed by atoms with Gasteiger partial charge >= 0.3 is 0 Å². The molecule has 0 aromatic rings. The fourth-order valence-corrected chi connectivity index (χ4v) is 4.06. The highest BCUT2D eigenvalue weighted by molar-refractivity contribution is 4.92. The van der Waals surface area contributed by atoms with Crippen LogP contribution in [0.4, 0.5) is 0 Å². The number of unbranched alkanes of at least 4 members (excludes halogenated alkanes) is 6. The first-order valence-corrected chi connectivity index (χ1v) is 10.6.